The number of aliphatic hydroxyl groups excluding tert-OH is 2. The van der Waals surface area contributed by atoms with Crippen LogP contribution in [0, 0.1) is 0 Å². The fourth-order valence-corrected chi connectivity index (χ4v) is 5.37. The van der Waals surface area contributed by atoms with Gasteiger partial charge in [0.1, 0.15) is 18.5 Å². The van der Waals surface area contributed by atoms with Crippen LogP contribution >= 0.6 is 0 Å². The number of carbonyl (C=O) groups is 3. The minimum atomic E-state index is -1.18. The summed E-state index contributed by atoms with van der Waals surface area (Å²) in [4.78, 5) is 42.2. The maximum Gasteiger partial charge on any atom is 0.247 e. The molecule has 0 unspecified atom stereocenters. The minimum absolute atomic E-state index is 0.0314. The van der Waals surface area contributed by atoms with Crippen molar-refractivity contribution in [2.45, 2.75) is 38.0 Å². The molecule has 0 radical (unpaired) electrons. The summed E-state index contributed by atoms with van der Waals surface area (Å²) in [5.41, 5.74) is 1.97. The number of aliphatic hydroxyl groups is 2. The third-order valence-corrected chi connectivity index (χ3v) is 7.23. The fourth-order valence-electron chi connectivity index (χ4n) is 5.37. The number of allylic oxidation sites excluding steroid dienone is 1. The van der Waals surface area contributed by atoms with Crippen LogP contribution in [0.4, 0.5) is 0 Å². The van der Waals surface area contributed by atoms with Gasteiger partial charge in [-0.3, -0.25) is 19.3 Å². The van der Waals surface area contributed by atoms with Crippen molar-refractivity contribution < 1.29 is 38.8 Å². The standard InChI is InChI=1S/C28H37N3O8/c1-17(2)12-23(34)31(6-5-30-7-10-38-11-8-30)21-15-20(28(36)29-4-9-32)24-19-13-18(16-33)14-22(37-3)26(19)39-27(24)25(21)35/h12-16,21,24-25,27,32,35H,4-11H2,1-3H3,(H,29,36)/t21-,24+,25+,27+/m1/s1. The minimum Gasteiger partial charge on any atom is -0.493 e. The predicted molar refractivity (Wildman–Crippen MR) is 142 cm³/mol. The molecule has 11 heteroatoms. The number of fused-ring (bicyclic) bond motifs is 3. The number of hydrogen-bond donors (Lipinski definition) is 3. The van der Waals surface area contributed by atoms with Crippen LogP contribution in [0.5, 0.6) is 11.5 Å². The lowest BCUT2D eigenvalue weighted by molar-refractivity contribution is -0.132. The Balaban J connectivity index is 1.76. The summed E-state index contributed by atoms with van der Waals surface area (Å²) >= 11 is 0. The number of amides is 2. The van der Waals surface area contributed by atoms with Crippen LogP contribution in [0.15, 0.2) is 35.4 Å². The van der Waals surface area contributed by atoms with Crippen LogP contribution in [0.2, 0.25) is 0 Å². The van der Waals surface area contributed by atoms with Gasteiger partial charge in [0.25, 0.3) is 0 Å². The third-order valence-electron chi connectivity index (χ3n) is 7.23. The molecule has 2 amide bonds. The summed E-state index contributed by atoms with van der Waals surface area (Å²) in [5.74, 6) is -0.792. The van der Waals surface area contributed by atoms with E-state index < -0.39 is 30.1 Å². The Kier molecular flexibility index (Phi) is 9.39. The normalized spacial score (nSPS) is 24.0. The molecule has 0 saturated carbocycles. The highest BCUT2D eigenvalue weighted by Crippen LogP contribution is 2.51. The van der Waals surface area contributed by atoms with Crippen molar-refractivity contribution in [1.82, 2.24) is 15.1 Å². The molecule has 3 aliphatic rings. The van der Waals surface area contributed by atoms with Crippen LogP contribution in [-0.4, -0.2) is 116 Å². The largest absolute Gasteiger partial charge is 0.493 e. The summed E-state index contributed by atoms with van der Waals surface area (Å²) in [6.45, 7) is 7.02. The number of ether oxygens (including phenoxy) is 3. The van der Waals surface area contributed by atoms with Crippen LogP contribution < -0.4 is 14.8 Å². The molecule has 2 aliphatic heterocycles. The molecule has 2 heterocycles. The number of hydrogen-bond acceptors (Lipinski definition) is 9. The van der Waals surface area contributed by atoms with E-state index in [1.54, 1.807) is 17.0 Å². The molecule has 11 nitrogen and oxygen atoms in total. The molecular formula is C28H37N3O8. The lowest BCUT2D eigenvalue weighted by Crippen LogP contribution is -2.57. The topological polar surface area (TPSA) is 138 Å². The Morgan fingerprint density at radius 1 is 1.26 bits per heavy atom. The van der Waals surface area contributed by atoms with Crippen LogP contribution in [0.1, 0.15) is 35.7 Å². The second-order valence-corrected chi connectivity index (χ2v) is 10.1. The van der Waals surface area contributed by atoms with Gasteiger partial charge < -0.3 is 34.6 Å². The summed E-state index contributed by atoms with van der Waals surface area (Å²) in [6, 6.07) is 2.30. The van der Waals surface area contributed by atoms with Gasteiger partial charge in [-0.05, 0) is 32.1 Å². The molecule has 212 valence electrons. The van der Waals surface area contributed by atoms with E-state index in [4.69, 9.17) is 14.2 Å². The number of benzene rings is 1. The van der Waals surface area contributed by atoms with Gasteiger partial charge in [-0.15, -0.1) is 0 Å². The molecular weight excluding hydrogens is 506 g/mol. The Hall–Kier alpha value is -3.25. The third kappa shape index (κ3) is 6.17. The average Bonchev–Trinajstić information content (AvgIpc) is 3.32. The van der Waals surface area contributed by atoms with Crippen LogP contribution in [-0.2, 0) is 14.3 Å². The molecule has 0 aromatic heterocycles. The highest BCUT2D eigenvalue weighted by molar-refractivity contribution is 5.97. The maximum absolute atomic E-state index is 13.4. The second-order valence-electron chi connectivity index (χ2n) is 10.1. The molecule has 39 heavy (non-hydrogen) atoms. The molecule has 1 aromatic rings. The van der Waals surface area contributed by atoms with Gasteiger partial charge in [-0.25, -0.2) is 0 Å². The van der Waals surface area contributed by atoms with E-state index in [9.17, 15) is 24.6 Å². The van der Waals surface area contributed by atoms with E-state index in [-0.39, 0.29) is 24.6 Å². The first-order chi connectivity index (χ1) is 18.8. The number of morpholine rings is 1. The summed E-state index contributed by atoms with van der Waals surface area (Å²) in [7, 11) is 1.45. The van der Waals surface area contributed by atoms with E-state index in [1.807, 2.05) is 13.8 Å². The van der Waals surface area contributed by atoms with E-state index in [0.717, 1.165) is 18.7 Å². The summed E-state index contributed by atoms with van der Waals surface area (Å²) in [5, 5.41) is 23.7. The molecule has 1 aromatic carbocycles. The molecule has 0 bridgehead atoms. The number of nitrogens with zero attached hydrogens (tertiary/aromatic N) is 2. The van der Waals surface area contributed by atoms with Gasteiger partial charge in [0, 0.05) is 55.5 Å². The molecule has 0 spiro atoms. The van der Waals surface area contributed by atoms with E-state index in [1.165, 1.54) is 19.3 Å². The predicted octanol–water partition coefficient (Wildman–Crippen LogP) is 0.257. The first-order valence-electron chi connectivity index (χ1n) is 13.2. The molecule has 4 atom stereocenters. The number of nitrogens with one attached hydrogen (secondary N) is 1. The lowest BCUT2D eigenvalue weighted by atomic mass is 9.77. The van der Waals surface area contributed by atoms with Crippen molar-refractivity contribution in [2.24, 2.45) is 0 Å². The first-order valence-corrected chi connectivity index (χ1v) is 13.2. The quantitative estimate of drug-likeness (QED) is 0.280. The first kappa shape index (κ1) is 28.8. The molecule has 1 fully saturated rings. The number of methoxy groups -OCH3 is 1. The van der Waals surface area contributed by atoms with Crippen LogP contribution in [0.25, 0.3) is 0 Å². The van der Waals surface area contributed by atoms with Gasteiger partial charge in [0.05, 0.1) is 38.9 Å². The molecule has 1 saturated heterocycles. The lowest BCUT2D eigenvalue weighted by Gasteiger charge is -2.41. The molecule has 3 N–H and O–H groups in total. The Bertz CT molecular complexity index is 1140. The van der Waals surface area contributed by atoms with Crippen molar-refractivity contribution in [3.63, 3.8) is 0 Å². The zero-order valence-electron chi connectivity index (χ0n) is 22.6. The Morgan fingerprint density at radius 3 is 2.64 bits per heavy atom. The highest BCUT2D eigenvalue weighted by atomic mass is 16.5. The van der Waals surface area contributed by atoms with Gasteiger partial charge in [0.15, 0.2) is 11.5 Å². The van der Waals surface area contributed by atoms with Crippen molar-refractivity contribution >= 4 is 18.1 Å². The van der Waals surface area contributed by atoms with Crippen molar-refractivity contribution in [2.75, 3.05) is 59.7 Å². The van der Waals surface area contributed by atoms with Crippen molar-refractivity contribution in [3.05, 3.63) is 46.6 Å². The highest BCUT2D eigenvalue weighted by Gasteiger charge is 2.51. The number of carbonyl (C=O) groups excluding carboxylic acids is 3. The average molecular weight is 544 g/mol. The number of aldehydes is 1. The SMILES string of the molecule is COc1cc(C=O)cc2c1O[C@@H]1[C@@H](O)[C@H](N(CCN3CCOCC3)C(=O)C=C(C)C)C=C(C(=O)NCCO)[C@H]21. The number of rotatable bonds is 10. The van der Waals surface area contributed by atoms with Crippen molar-refractivity contribution in [3.8, 4) is 11.5 Å². The van der Waals surface area contributed by atoms with E-state index in [2.05, 4.69) is 10.2 Å². The monoisotopic (exact) mass is 543 g/mol. The van der Waals surface area contributed by atoms with Crippen LogP contribution in [0.3, 0.4) is 0 Å². The summed E-state index contributed by atoms with van der Waals surface area (Å²) < 4.78 is 17.1. The van der Waals surface area contributed by atoms with Crippen molar-refractivity contribution in [1.29, 1.82) is 0 Å². The molecule has 1 aliphatic carbocycles. The second kappa shape index (κ2) is 12.7. The van der Waals surface area contributed by atoms with Gasteiger partial charge in [-0.1, -0.05) is 5.57 Å². The molecule has 4 rings (SSSR count). The van der Waals surface area contributed by atoms with Gasteiger partial charge >= 0.3 is 0 Å². The van der Waals surface area contributed by atoms with E-state index >= 15 is 0 Å². The Morgan fingerprint density at radius 2 is 2.00 bits per heavy atom. The summed E-state index contributed by atoms with van der Waals surface area (Å²) in [6.07, 6.45) is 1.72. The van der Waals surface area contributed by atoms with E-state index in [0.29, 0.717) is 55.2 Å². The zero-order chi connectivity index (χ0) is 28.1. The maximum atomic E-state index is 13.4. The van der Waals surface area contributed by atoms with Gasteiger partial charge in [-0.2, -0.15) is 0 Å². The van der Waals surface area contributed by atoms with Gasteiger partial charge in [0.2, 0.25) is 11.8 Å². The Labute approximate surface area is 228 Å². The smallest absolute Gasteiger partial charge is 0.247 e. The fraction of sp³-hybridized carbons (Fsp3) is 0.536. The zero-order valence-corrected chi connectivity index (χ0v) is 22.6.